The number of rotatable bonds is 2. The average molecular weight is 329 g/mol. The maximum absolute atomic E-state index is 10.5. The predicted octanol–water partition coefficient (Wildman–Crippen LogP) is 0.914. The molecule has 0 saturated carbocycles. The van der Waals surface area contributed by atoms with Gasteiger partial charge in [0.2, 0.25) is 0 Å². The zero-order chi connectivity index (χ0) is 15.1. The van der Waals surface area contributed by atoms with Crippen LogP contribution in [0.1, 0.15) is 20.7 Å². The van der Waals surface area contributed by atoms with Crippen LogP contribution >= 0.6 is 0 Å². The fourth-order valence-electron chi connectivity index (χ4n) is 1.20. The number of aromatic carboxylic acids is 2. The Kier molecular flexibility index (Phi) is 7.60. The maximum atomic E-state index is 10.5. The molecule has 7 heteroatoms. The molecule has 2 rings (SSSR count). The third-order valence-electron chi connectivity index (χ3n) is 2.20. The van der Waals surface area contributed by atoms with E-state index in [0.29, 0.717) is 0 Å². The van der Waals surface area contributed by atoms with Crippen LogP contribution < -0.4 is 10.2 Å². The summed E-state index contributed by atoms with van der Waals surface area (Å²) in [5, 5.41) is 37.6. The van der Waals surface area contributed by atoms with Crippen molar-refractivity contribution in [1.29, 1.82) is 0 Å². The summed E-state index contributed by atoms with van der Waals surface area (Å²) < 4.78 is 0. The number of benzene rings is 2. The van der Waals surface area contributed by atoms with Crippen molar-refractivity contribution in [3.8, 4) is 11.5 Å². The molecule has 0 atom stereocenters. The van der Waals surface area contributed by atoms with Gasteiger partial charge in [-0.3, -0.25) is 0 Å². The number of hydrogen-bond donors (Lipinski definition) is 2. The SMILES string of the molecule is O=C(O)c1ccc([O-])cc1.O=C(O)c1ccc([O-])cc1.[Mn+2]. The minimum absolute atomic E-state index is 0. The van der Waals surface area contributed by atoms with Crippen LogP contribution in [-0.4, -0.2) is 22.2 Å². The second kappa shape index (κ2) is 8.63. The summed E-state index contributed by atoms with van der Waals surface area (Å²) >= 11 is 0. The number of carbonyl (C=O) groups is 2. The van der Waals surface area contributed by atoms with Crippen molar-refractivity contribution < 1.29 is 47.1 Å². The van der Waals surface area contributed by atoms with Crippen molar-refractivity contribution in [1.82, 2.24) is 0 Å². The van der Waals surface area contributed by atoms with E-state index in [2.05, 4.69) is 0 Å². The van der Waals surface area contributed by atoms with Gasteiger partial charge in [0, 0.05) is 0 Å². The summed E-state index contributed by atoms with van der Waals surface area (Å²) in [5.41, 5.74) is 0.277. The van der Waals surface area contributed by atoms with Gasteiger partial charge in [-0.2, -0.15) is 0 Å². The zero-order valence-corrected chi connectivity index (χ0v) is 11.7. The molecule has 0 saturated heterocycles. The topological polar surface area (TPSA) is 121 Å². The minimum atomic E-state index is -1.01. The molecule has 0 aliphatic heterocycles. The van der Waals surface area contributed by atoms with Crippen LogP contribution in [0, 0.1) is 0 Å². The van der Waals surface area contributed by atoms with Crippen LogP contribution in [0.4, 0.5) is 0 Å². The molecule has 1 radical (unpaired) electrons. The Morgan fingerprint density at radius 1 is 0.667 bits per heavy atom. The van der Waals surface area contributed by atoms with Gasteiger partial charge in [-0.05, 0) is 24.3 Å². The van der Waals surface area contributed by atoms with Crippen LogP contribution in [0.15, 0.2) is 48.5 Å². The van der Waals surface area contributed by atoms with Crippen molar-refractivity contribution >= 4 is 11.9 Å². The molecule has 6 nitrogen and oxygen atoms in total. The Hall–Kier alpha value is -2.50. The van der Waals surface area contributed by atoms with E-state index in [-0.39, 0.29) is 39.7 Å². The number of carboxylic acid groups (broad SMARTS) is 2. The summed E-state index contributed by atoms with van der Waals surface area (Å²) in [6.07, 6.45) is 0. The Morgan fingerprint density at radius 2 is 0.905 bits per heavy atom. The van der Waals surface area contributed by atoms with Gasteiger partial charge in [0.05, 0.1) is 11.1 Å². The first-order chi connectivity index (χ1) is 9.40. The van der Waals surface area contributed by atoms with Crippen LogP contribution in [0.2, 0.25) is 0 Å². The predicted molar refractivity (Wildman–Crippen MR) is 65.7 cm³/mol. The molecule has 109 valence electrons. The molecular formula is C14H10MnO6. The van der Waals surface area contributed by atoms with E-state index >= 15 is 0 Å². The molecular weight excluding hydrogens is 319 g/mol. The molecule has 0 bridgehead atoms. The van der Waals surface area contributed by atoms with E-state index in [1.54, 1.807) is 0 Å². The van der Waals surface area contributed by atoms with Gasteiger partial charge in [0.1, 0.15) is 0 Å². The van der Waals surface area contributed by atoms with Gasteiger partial charge in [-0.1, -0.05) is 24.3 Å². The Balaban J connectivity index is 0.000000364. The van der Waals surface area contributed by atoms with Crippen molar-refractivity contribution in [3.05, 3.63) is 59.7 Å². The third kappa shape index (κ3) is 6.47. The Labute approximate surface area is 130 Å². The zero-order valence-electron chi connectivity index (χ0n) is 10.5. The quantitative estimate of drug-likeness (QED) is 0.790. The second-order valence-electron chi connectivity index (χ2n) is 3.66. The van der Waals surface area contributed by atoms with E-state index in [1.165, 1.54) is 48.5 Å². The van der Waals surface area contributed by atoms with Crippen LogP contribution in [0.25, 0.3) is 0 Å². The van der Waals surface area contributed by atoms with Gasteiger partial charge in [0.15, 0.2) is 0 Å². The van der Waals surface area contributed by atoms with Gasteiger partial charge in [0.25, 0.3) is 0 Å². The Bertz CT molecular complexity index is 536. The van der Waals surface area contributed by atoms with Crippen molar-refractivity contribution in [2.24, 2.45) is 0 Å². The molecule has 0 aliphatic rings. The summed E-state index contributed by atoms with van der Waals surface area (Å²) in [6, 6.07) is 10.0. The largest absolute Gasteiger partial charge is 2.00 e. The van der Waals surface area contributed by atoms with Gasteiger partial charge >= 0.3 is 29.0 Å². The minimum Gasteiger partial charge on any atom is -0.872 e. The molecule has 0 heterocycles. The van der Waals surface area contributed by atoms with E-state index in [1.807, 2.05) is 0 Å². The Morgan fingerprint density at radius 3 is 1.10 bits per heavy atom. The summed E-state index contributed by atoms with van der Waals surface area (Å²) in [5.74, 6) is -2.38. The molecule has 0 amide bonds. The molecule has 0 aromatic heterocycles. The third-order valence-corrected chi connectivity index (χ3v) is 2.20. The molecule has 0 spiro atoms. The first kappa shape index (κ1) is 18.5. The molecule has 2 aromatic rings. The van der Waals surface area contributed by atoms with Crippen molar-refractivity contribution in [2.75, 3.05) is 0 Å². The molecule has 0 unspecified atom stereocenters. The molecule has 21 heavy (non-hydrogen) atoms. The monoisotopic (exact) mass is 329 g/mol. The fourth-order valence-corrected chi connectivity index (χ4v) is 1.20. The van der Waals surface area contributed by atoms with E-state index in [9.17, 15) is 19.8 Å². The average Bonchev–Trinajstić information content (AvgIpc) is 2.40. The fraction of sp³-hybridized carbons (Fsp3) is 0. The number of hydrogen-bond acceptors (Lipinski definition) is 4. The first-order valence-corrected chi connectivity index (χ1v) is 5.41. The van der Waals surface area contributed by atoms with Gasteiger partial charge in [-0.25, -0.2) is 9.59 Å². The van der Waals surface area contributed by atoms with Crippen LogP contribution in [0.3, 0.4) is 0 Å². The number of carboxylic acids is 2. The summed E-state index contributed by atoms with van der Waals surface area (Å²) in [4.78, 5) is 20.4. The maximum Gasteiger partial charge on any atom is 2.00 e. The van der Waals surface area contributed by atoms with E-state index in [4.69, 9.17) is 10.2 Å². The van der Waals surface area contributed by atoms with Crippen LogP contribution in [0.5, 0.6) is 11.5 Å². The van der Waals surface area contributed by atoms with E-state index < -0.39 is 11.9 Å². The summed E-state index contributed by atoms with van der Waals surface area (Å²) in [6.45, 7) is 0. The second-order valence-corrected chi connectivity index (χ2v) is 3.66. The van der Waals surface area contributed by atoms with Crippen molar-refractivity contribution in [2.45, 2.75) is 0 Å². The van der Waals surface area contributed by atoms with Gasteiger partial charge in [-0.15, -0.1) is 11.5 Å². The normalized spacial score (nSPS) is 8.76. The summed E-state index contributed by atoms with van der Waals surface area (Å²) in [7, 11) is 0. The smallest absolute Gasteiger partial charge is 0.872 e. The molecule has 2 aromatic carbocycles. The van der Waals surface area contributed by atoms with E-state index in [0.717, 1.165) is 0 Å². The molecule has 0 aliphatic carbocycles. The van der Waals surface area contributed by atoms with Crippen molar-refractivity contribution in [3.63, 3.8) is 0 Å². The molecule has 0 fully saturated rings. The van der Waals surface area contributed by atoms with Crippen LogP contribution in [-0.2, 0) is 17.1 Å². The van der Waals surface area contributed by atoms with Gasteiger partial charge < -0.3 is 20.4 Å². The standard InChI is InChI=1S/2C7H6O3.Mn/c2*8-6-3-1-5(2-4-6)7(9)10;/h2*1-4,8H,(H,9,10);/q;;+2/p-2. The molecule has 2 N–H and O–H groups in total. The first-order valence-electron chi connectivity index (χ1n) is 5.41.